The number of piperidine rings is 1. The Morgan fingerprint density at radius 2 is 1.61 bits per heavy atom. The van der Waals surface area contributed by atoms with E-state index in [1.54, 1.807) is 12.1 Å². The van der Waals surface area contributed by atoms with Gasteiger partial charge in [-0.15, -0.1) is 0 Å². The SMILES string of the molecule is O=C(c1ccc(F)cc1)N1CCc2ccccc2C1CCN1CCC(c2cccc3c2OCC3)CC1. The first-order chi connectivity index (χ1) is 17.7. The molecule has 3 aliphatic rings. The predicted molar refractivity (Wildman–Crippen MR) is 139 cm³/mol. The van der Waals surface area contributed by atoms with Crippen LogP contribution in [0.1, 0.15) is 63.8 Å². The third-order valence-corrected chi connectivity index (χ3v) is 8.26. The highest BCUT2D eigenvalue weighted by Crippen LogP contribution is 2.39. The molecule has 0 N–H and O–H groups in total. The van der Waals surface area contributed by atoms with Crippen molar-refractivity contribution < 1.29 is 13.9 Å². The van der Waals surface area contributed by atoms with E-state index in [1.165, 1.54) is 34.4 Å². The lowest BCUT2D eigenvalue weighted by molar-refractivity contribution is 0.0630. The van der Waals surface area contributed by atoms with Gasteiger partial charge in [0.05, 0.1) is 12.6 Å². The normalized spacial score (nSPS) is 20.0. The first-order valence-corrected chi connectivity index (χ1v) is 13.3. The zero-order chi connectivity index (χ0) is 24.5. The number of hydrogen-bond acceptors (Lipinski definition) is 3. The number of nitrogens with zero attached hydrogens (tertiary/aromatic N) is 2. The minimum absolute atomic E-state index is 0.00820. The summed E-state index contributed by atoms with van der Waals surface area (Å²) in [5, 5.41) is 0. The number of ether oxygens (including phenoxy) is 1. The highest BCUT2D eigenvalue weighted by molar-refractivity contribution is 5.94. The molecule has 0 aromatic heterocycles. The van der Waals surface area contributed by atoms with E-state index in [-0.39, 0.29) is 17.8 Å². The van der Waals surface area contributed by atoms with Crippen LogP contribution in [0.5, 0.6) is 5.75 Å². The van der Waals surface area contributed by atoms with Gasteiger partial charge in [0.25, 0.3) is 5.91 Å². The number of likely N-dealkylation sites (tertiary alicyclic amines) is 1. The number of fused-ring (bicyclic) bond motifs is 2. The zero-order valence-electron chi connectivity index (χ0n) is 20.7. The van der Waals surface area contributed by atoms with Crippen LogP contribution >= 0.6 is 0 Å². The van der Waals surface area contributed by atoms with Gasteiger partial charge in [0.1, 0.15) is 11.6 Å². The molecule has 186 valence electrons. The van der Waals surface area contributed by atoms with E-state index < -0.39 is 0 Å². The van der Waals surface area contributed by atoms with E-state index in [0.29, 0.717) is 18.0 Å². The molecule has 1 saturated heterocycles. The molecule has 0 spiro atoms. The number of amides is 1. The number of benzene rings is 3. The zero-order valence-corrected chi connectivity index (χ0v) is 20.7. The van der Waals surface area contributed by atoms with Gasteiger partial charge in [-0.1, -0.05) is 42.5 Å². The minimum atomic E-state index is -0.317. The number of carbonyl (C=O) groups is 1. The average molecular weight is 485 g/mol. The van der Waals surface area contributed by atoms with Gasteiger partial charge < -0.3 is 14.5 Å². The summed E-state index contributed by atoms with van der Waals surface area (Å²) < 4.78 is 19.4. The molecule has 36 heavy (non-hydrogen) atoms. The molecule has 1 atom stereocenters. The molecule has 4 nitrogen and oxygen atoms in total. The molecule has 0 radical (unpaired) electrons. The van der Waals surface area contributed by atoms with Crippen molar-refractivity contribution in [3.05, 3.63) is 100 Å². The summed E-state index contributed by atoms with van der Waals surface area (Å²) in [6, 6.07) is 21.1. The molecule has 1 fully saturated rings. The van der Waals surface area contributed by atoms with Crippen molar-refractivity contribution >= 4 is 5.91 Å². The van der Waals surface area contributed by atoms with Gasteiger partial charge in [-0.3, -0.25) is 4.79 Å². The summed E-state index contributed by atoms with van der Waals surface area (Å²) in [7, 11) is 0. The van der Waals surface area contributed by atoms with Crippen LogP contribution in [0.2, 0.25) is 0 Å². The molecule has 3 heterocycles. The van der Waals surface area contributed by atoms with Crippen LogP contribution in [0.15, 0.2) is 66.7 Å². The quantitative estimate of drug-likeness (QED) is 0.461. The van der Waals surface area contributed by atoms with E-state index in [2.05, 4.69) is 47.4 Å². The van der Waals surface area contributed by atoms with E-state index >= 15 is 0 Å². The summed E-state index contributed by atoms with van der Waals surface area (Å²) in [4.78, 5) is 18.0. The predicted octanol–water partition coefficient (Wildman–Crippen LogP) is 5.77. The average Bonchev–Trinajstić information content (AvgIpc) is 3.41. The molecule has 1 unspecified atom stereocenters. The molecule has 3 aromatic carbocycles. The van der Waals surface area contributed by atoms with Gasteiger partial charge >= 0.3 is 0 Å². The second-order valence-corrected chi connectivity index (χ2v) is 10.3. The second kappa shape index (κ2) is 10.1. The summed E-state index contributed by atoms with van der Waals surface area (Å²) >= 11 is 0. The van der Waals surface area contributed by atoms with Crippen LogP contribution in [0.4, 0.5) is 4.39 Å². The van der Waals surface area contributed by atoms with Crippen molar-refractivity contribution in [3.8, 4) is 5.75 Å². The van der Waals surface area contributed by atoms with E-state index in [1.807, 2.05) is 4.90 Å². The Morgan fingerprint density at radius 1 is 0.861 bits per heavy atom. The van der Waals surface area contributed by atoms with E-state index in [4.69, 9.17) is 4.74 Å². The smallest absolute Gasteiger partial charge is 0.254 e. The second-order valence-electron chi connectivity index (χ2n) is 10.3. The maximum Gasteiger partial charge on any atom is 0.254 e. The largest absolute Gasteiger partial charge is 0.493 e. The molecule has 5 heteroatoms. The van der Waals surface area contributed by atoms with Gasteiger partial charge in [0.15, 0.2) is 0 Å². The lowest BCUT2D eigenvalue weighted by Crippen LogP contribution is -2.42. The van der Waals surface area contributed by atoms with Crippen LogP contribution in [0.25, 0.3) is 0 Å². The molecular formula is C31H33FN2O2. The molecule has 0 saturated carbocycles. The molecule has 0 bridgehead atoms. The first-order valence-electron chi connectivity index (χ1n) is 13.3. The van der Waals surface area contributed by atoms with Crippen molar-refractivity contribution in [1.29, 1.82) is 0 Å². The standard InChI is InChI=1S/C31H33FN2O2/c32-26-10-8-25(9-11-26)31(35)34-20-14-22-4-1-2-6-27(22)29(34)15-19-33-17-12-23(13-18-33)28-7-3-5-24-16-21-36-30(24)28/h1-11,23,29H,12-21H2. The number of carbonyl (C=O) groups excluding carboxylic acids is 1. The Balaban J connectivity index is 1.14. The lowest BCUT2D eigenvalue weighted by atomic mass is 9.87. The third kappa shape index (κ3) is 4.53. The van der Waals surface area contributed by atoms with Gasteiger partial charge in [0.2, 0.25) is 0 Å². The van der Waals surface area contributed by atoms with Gasteiger partial charge in [0, 0.05) is 25.1 Å². The van der Waals surface area contributed by atoms with Crippen LogP contribution in [0.3, 0.4) is 0 Å². The lowest BCUT2D eigenvalue weighted by Gasteiger charge is -2.39. The fourth-order valence-corrected chi connectivity index (χ4v) is 6.30. The molecule has 6 rings (SSSR count). The van der Waals surface area contributed by atoms with Crippen molar-refractivity contribution in [3.63, 3.8) is 0 Å². The maximum atomic E-state index is 13.5. The Labute approximate surface area is 212 Å². The third-order valence-electron chi connectivity index (χ3n) is 8.26. The highest BCUT2D eigenvalue weighted by atomic mass is 19.1. The molecule has 1 amide bonds. The van der Waals surface area contributed by atoms with Gasteiger partial charge in [-0.2, -0.15) is 0 Å². The minimum Gasteiger partial charge on any atom is -0.493 e. The maximum absolute atomic E-state index is 13.5. The summed E-state index contributed by atoms with van der Waals surface area (Å²) in [6.45, 7) is 4.59. The van der Waals surface area contributed by atoms with Crippen LogP contribution in [0, 0.1) is 5.82 Å². The Bertz CT molecular complexity index is 1230. The Kier molecular flexibility index (Phi) is 6.49. The number of rotatable bonds is 5. The molecular weight excluding hydrogens is 451 g/mol. The molecule has 3 aliphatic heterocycles. The van der Waals surface area contributed by atoms with Crippen LogP contribution in [-0.4, -0.2) is 48.5 Å². The van der Waals surface area contributed by atoms with Crippen LogP contribution < -0.4 is 4.74 Å². The highest BCUT2D eigenvalue weighted by Gasteiger charge is 2.32. The number of halogens is 1. The fraction of sp³-hybridized carbons (Fsp3) is 0.387. The Morgan fingerprint density at radius 3 is 2.44 bits per heavy atom. The Hall–Kier alpha value is -3.18. The number of para-hydroxylation sites is 1. The summed E-state index contributed by atoms with van der Waals surface area (Å²) in [5.74, 6) is 1.37. The van der Waals surface area contributed by atoms with Crippen molar-refractivity contribution in [1.82, 2.24) is 9.80 Å². The monoisotopic (exact) mass is 484 g/mol. The molecule has 3 aromatic rings. The van der Waals surface area contributed by atoms with Crippen molar-refractivity contribution in [2.45, 2.75) is 44.1 Å². The van der Waals surface area contributed by atoms with Crippen molar-refractivity contribution in [2.75, 3.05) is 32.8 Å². The van der Waals surface area contributed by atoms with Crippen LogP contribution in [-0.2, 0) is 12.8 Å². The first kappa shape index (κ1) is 23.2. The van der Waals surface area contributed by atoms with Gasteiger partial charge in [-0.05, 0) is 91.2 Å². The summed E-state index contributed by atoms with van der Waals surface area (Å²) in [6.07, 6.45) is 5.06. The number of hydrogen-bond donors (Lipinski definition) is 0. The fourth-order valence-electron chi connectivity index (χ4n) is 6.30. The van der Waals surface area contributed by atoms with E-state index in [0.717, 1.165) is 64.1 Å². The topological polar surface area (TPSA) is 32.8 Å². The van der Waals surface area contributed by atoms with Crippen molar-refractivity contribution in [2.24, 2.45) is 0 Å². The van der Waals surface area contributed by atoms with Gasteiger partial charge in [-0.25, -0.2) is 4.39 Å². The van der Waals surface area contributed by atoms with E-state index in [9.17, 15) is 9.18 Å². The summed E-state index contributed by atoms with van der Waals surface area (Å²) in [5.41, 5.74) is 5.89. The molecule has 0 aliphatic carbocycles.